The molecule has 0 radical (unpaired) electrons. The first-order valence-electron chi connectivity index (χ1n) is 1.27. The summed E-state index contributed by atoms with van der Waals surface area (Å²) in [5, 5.41) is 0. The molecular weight excluding hydrogens is 163 g/mol. The van der Waals surface area contributed by atoms with E-state index in [1.165, 1.54) is 0 Å². The fourth-order valence-electron chi connectivity index (χ4n) is 0. The molecular formula is CHF3Li2O3S. The average molecular weight is 164 g/mol. The number of rotatable bonds is 0. The Balaban J connectivity index is -0.000000245. The summed E-state index contributed by atoms with van der Waals surface area (Å²) in [5.74, 6) is 0. The molecule has 0 saturated heterocycles. The molecule has 0 N–H and O–H groups in total. The summed E-state index contributed by atoms with van der Waals surface area (Å²) in [6.07, 6.45) is 0. The van der Waals surface area contributed by atoms with Gasteiger partial charge in [0.25, 0.3) is 0 Å². The van der Waals surface area contributed by atoms with Gasteiger partial charge in [0.05, 0.1) is 0 Å². The Labute approximate surface area is 79.5 Å². The summed E-state index contributed by atoms with van der Waals surface area (Å²) in [7, 11) is -6.09. The first-order chi connectivity index (χ1) is 3.25. The monoisotopic (exact) mass is 164 g/mol. The van der Waals surface area contributed by atoms with E-state index in [-0.39, 0.29) is 37.7 Å². The zero-order valence-electron chi connectivity index (χ0n) is 4.27. The quantitative estimate of drug-likeness (QED) is 0.211. The molecule has 0 unspecified atom stereocenters. The molecule has 52 valence electrons. The Morgan fingerprint density at radius 1 is 1.20 bits per heavy atom. The van der Waals surface area contributed by atoms with Gasteiger partial charge in [0.15, 0.2) is 10.1 Å². The summed E-state index contributed by atoms with van der Waals surface area (Å²) >= 11 is 0. The standard InChI is InChI=1S/CHF3O3S.2Li.H/c2-1(3,4)8(5,6)7;;;/h(H,5,6,7);;;/q;;+1;/p-1. The second-order valence-electron chi connectivity index (χ2n) is 0.900. The van der Waals surface area contributed by atoms with Crippen molar-refractivity contribution < 1.29 is 45.0 Å². The van der Waals surface area contributed by atoms with Crippen LogP contribution in [0, 0.1) is 0 Å². The fraction of sp³-hybridized carbons (Fsp3) is 1.00. The van der Waals surface area contributed by atoms with Crippen LogP contribution in [0.15, 0.2) is 0 Å². The third-order valence-corrected chi connectivity index (χ3v) is 0.850. The van der Waals surface area contributed by atoms with Gasteiger partial charge in [0.1, 0.15) is 0 Å². The molecule has 0 rings (SSSR count). The first-order valence-corrected chi connectivity index (χ1v) is 2.68. The summed E-state index contributed by atoms with van der Waals surface area (Å²) in [6.45, 7) is 0. The van der Waals surface area contributed by atoms with Gasteiger partial charge >= 0.3 is 43.2 Å². The van der Waals surface area contributed by atoms with E-state index in [0.717, 1.165) is 0 Å². The van der Waals surface area contributed by atoms with Crippen LogP contribution in [-0.4, -0.2) is 37.3 Å². The van der Waals surface area contributed by atoms with Crippen LogP contribution >= 0.6 is 0 Å². The van der Waals surface area contributed by atoms with Crippen molar-refractivity contribution in [3.8, 4) is 0 Å². The van der Waals surface area contributed by atoms with Crippen molar-refractivity contribution in [1.29, 1.82) is 0 Å². The van der Waals surface area contributed by atoms with Crippen molar-refractivity contribution in [1.82, 2.24) is 0 Å². The Bertz CT molecular complexity index is 171. The predicted octanol–water partition coefficient (Wildman–Crippen LogP) is -3.59. The molecule has 0 aromatic carbocycles. The molecule has 0 bridgehead atoms. The normalized spacial score (nSPS) is 11.2. The Morgan fingerprint density at radius 3 is 1.30 bits per heavy atom. The van der Waals surface area contributed by atoms with Gasteiger partial charge < -0.3 is 4.55 Å². The van der Waals surface area contributed by atoms with Crippen LogP contribution in [0.1, 0.15) is 0 Å². The number of hydrogen-bond donors (Lipinski definition) is 0. The van der Waals surface area contributed by atoms with Gasteiger partial charge in [0.2, 0.25) is 0 Å². The third kappa shape index (κ3) is 5.66. The van der Waals surface area contributed by atoms with Crippen LogP contribution in [0.4, 0.5) is 13.2 Å². The van der Waals surface area contributed by atoms with E-state index in [0.29, 0.717) is 0 Å². The van der Waals surface area contributed by atoms with Crippen molar-refractivity contribution in [3.63, 3.8) is 0 Å². The van der Waals surface area contributed by atoms with Crippen LogP contribution in [0.2, 0.25) is 0 Å². The molecule has 0 amide bonds. The Morgan fingerprint density at radius 2 is 1.30 bits per heavy atom. The Kier molecular flexibility index (Phi) is 8.06. The van der Waals surface area contributed by atoms with E-state index in [1.807, 2.05) is 0 Å². The molecule has 0 aromatic heterocycles. The third-order valence-electron chi connectivity index (χ3n) is 0.283. The SMILES string of the molecule is O=S(=O)([O-])C(F)(F)F.[Li+].[LiH]. The summed E-state index contributed by atoms with van der Waals surface area (Å²) < 4.78 is 58.9. The second kappa shape index (κ2) is 4.71. The van der Waals surface area contributed by atoms with Crippen LogP contribution in [0.5, 0.6) is 0 Å². The zero-order chi connectivity index (χ0) is 7.00. The van der Waals surface area contributed by atoms with Crippen molar-refractivity contribution in [3.05, 3.63) is 0 Å². The summed E-state index contributed by atoms with van der Waals surface area (Å²) in [4.78, 5) is 0. The van der Waals surface area contributed by atoms with E-state index in [1.54, 1.807) is 0 Å². The van der Waals surface area contributed by atoms with Gasteiger partial charge in [0, 0.05) is 0 Å². The number of alkyl halides is 3. The average Bonchev–Trinajstić information content (AvgIpc) is 1.25. The van der Waals surface area contributed by atoms with Crippen LogP contribution in [0.3, 0.4) is 0 Å². The van der Waals surface area contributed by atoms with E-state index in [9.17, 15) is 13.2 Å². The molecule has 10 heavy (non-hydrogen) atoms. The van der Waals surface area contributed by atoms with Gasteiger partial charge in [-0.3, -0.25) is 0 Å². The summed E-state index contributed by atoms with van der Waals surface area (Å²) in [5.41, 5.74) is -5.65. The van der Waals surface area contributed by atoms with E-state index in [2.05, 4.69) is 0 Å². The zero-order valence-corrected chi connectivity index (χ0v) is 5.08. The van der Waals surface area contributed by atoms with E-state index in [4.69, 9.17) is 13.0 Å². The van der Waals surface area contributed by atoms with E-state index >= 15 is 0 Å². The molecule has 0 saturated carbocycles. The summed E-state index contributed by atoms with van der Waals surface area (Å²) in [6, 6.07) is 0. The molecule has 3 nitrogen and oxygen atoms in total. The molecule has 0 spiro atoms. The maximum atomic E-state index is 10.7. The first kappa shape index (κ1) is 17.1. The predicted molar refractivity (Wildman–Crippen MR) is 22.9 cm³/mol. The van der Waals surface area contributed by atoms with Crippen molar-refractivity contribution in [2.24, 2.45) is 0 Å². The van der Waals surface area contributed by atoms with Crippen molar-refractivity contribution >= 4 is 29.0 Å². The van der Waals surface area contributed by atoms with Crippen LogP contribution in [0.25, 0.3) is 0 Å². The van der Waals surface area contributed by atoms with Gasteiger partial charge in [-0.25, -0.2) is 8.42 Å². The molecule has 9 heteroatoms. The van der Waals surface area contributed by atoms with Crippen molar-refractivity contribution in [2.45, 2.75) is 5.51 Å². The van der Waals surface area contributed by atoms with Gasteiger partial charge in [-0.2, -0.15) is 13.2 Å². The number of halogens is 3. The van der Waals surface area contributed by atoms with E-state index < -0.39 is 15.6 Å². The molecule has 0 aromatic rings. The minimum absolute atomic E-state index is 0. The van der Waals surface area contributed by atoms with Crippen LogP contribution in [-0.2, 0) is 10.1 Å². The molecule has 0 atom stereocenters. The molecule has 0 aliphatic rings. The van der Waals surface area contributed by atoms with Gasteiger partial charge in [-0.15, -0.1) is 0 Å². The number of hydrogen-bond acceptors (Lipinski definition) is 3. The van der Waals surface area contributed by atoms with Crippen molar-refractivity contribution in [2.75, 3.05) is 0 Å². The van der Waals surface area contributed by atoms with Crippen LogP contribution < -0.4 is 18.9 Å². The minimum atomic E-state index is -6.09. The second-order valence-corrected chi connectivity index (χ2v) is 2.27. The van der Waals surface area contributed by atoms with Gasteiger partial charge in [-0.1, -0.05) is 0 Å². The Hall–Kier alpha value is 0.895. The fourth-order valence-corrected chi connectivity index (χ4v) is 0. The molecule has 0 aliphatic carbocycles. The maximum absolute atomic E-state index is 10.7. The molecule has 0 fully saturated rings. The topological polar surface area (TPSA) is 57.2 Å². The molecule has 0 heterocycles. The molecule has 0 aliphatic heterocycles. The van der Waals surface area contributed by atoms with Gasteiger partial charge in [-0.05, 0) is 0 Å².